The van der Waals surface area contributed by atoms with Crippen molar-refractivity contribution in [3.8, 4) is 0 Å². The van der Waals surface area contributed by atoms with Gasteiger partial charge in [0.2, 0.25) is 12.4 Å². The van der Waals surface area contributed by atoms with E-state index in [1.807, 2.05) is 0 Å². The first-order valence-electron chi connectivity index (χ1n) is 3.55. The van der Waals surface area contributed by atoms with Crippen LogP contribution in [0, 0.1) is 5.92 Å². The Morgan fingerprint density at radius 2 is 2.10 bits per heavy atom. The smallest absolute Gasteiger partial charge is 0.221 e. The number of hydrogen-bond acceptors (Lipinski definition) is 2. The molecule has 0 amide bonds. The molecule has 1 unspecified atom stereocenters. The fraction of sp³-hybridized carbons (Fsp3) is 0.857. The van der Waals surface area contributed by atoms with E-state index in [4.69, 9.17) is 0 Å². The Morgan fingerprint density at radius 1 is 1.50 bits per heavy atom. The lowest BCUT2D eigenvalue weighted by atomic mass is 10.1. The summed E-state index contributed by atoms with van der Waals surface area (Å²) in [4.78, 5) is 12.7. The molecular formula is C7H10FNO. The minimum absolute atomic E-state index is 0.0125. The predicted molar refractivity (Wildman–Crippen MR) is 35.0 cm³/mol. The zero-order chi connectivity index (χ0) is 7.40. The van der Waals surface area contributed by atoms with Crippen LogP contribution < -0.4 is 0 Å². The molecule has 1 rings (SSSR count). The van der Waals surface area contributed by atoms with Crippen molar-refractivity contribution in [3.63, 3.8) is 0 Å². The van der Waals surface area contributed by atoms with Gasteiger partial charge in [-0.15, -0.1) is 0 Å². The molecule has 10 heavy (non-hydrogen) atoms. The Bertz CT molecular complexity index is 148. The first-order valence-corrected chi connectivity index (χ1v) is 3.55. The van der Waals surface area contributed by atoms with Gasteiger partial charge < -0.3 is 0 Å². The van der Waals surface area contributed by atoms with Crippen LogP contribution in [0.4, 0.5) is 4.39 Å². The molecule has 0 spiro atoms. The van der Waals surface area contributed by atoms with Crippen molar-refractivity contribution < 1.29 is 9.18 Å². The predicted octanol–water partition coefficient (Wildman–Crippen LogP) is 1.81. The van der Waals surface area contributed by atoms with E-state index in [2.05, 4.69) is 4.99 Å². The molecule has 2 nitrogen and oxygen atoms in total. The molecule has 0 aromatic rings. The topological polar surface area (TPSA) is 29.4 Å². The summed E-state index contributed by atoms with van der Waals surface area (Å²) in [6.07, 6.45) is 3.83. The van der Waals surface area contributed by atoms with Gasteiger partial charge in [0.05, 0.1) is 0 Å². The monoisotopic (exact) mass is 143 g/mol. The molecule has 1 saturated carbocycles. The van der Waals surface area contributed by atoms with E-state index in [-0.39, 0.29) is 5.92 Å². The third-order valence-electron chi connectivity index (χ3n) is 1.96. The largest absolute Gasteiger partial charge is 0.237 e. The lowest BCUT2D eigenvalue weighted by Crippen LogP contribution is -2.08. The van der Waals surface area contributed by atoms with Crippen molar-refractivity contribution >= 4 is 6.08 Å². The van der Waals surface area contributed by atoms with Crippen molar-refractivity contribution in [2.45, 2.75) is 32.0 Å². The van der Waals surface area contributed by atoms with Crippen LogP contribution in [0.25, 0.3) is 0 Å². The summed E-state index contributed by atoms with van der Waals surface area (Å²) in [5.74, 6) is -0.0125. The second-order valence-electron chi connectivity index (χ2n) is 2.64. The molecule has 1 aliphatic rings. The number of aliphatic imine (C=N–C) groups is 1. The average molecular weight is 143 g/mol. The minimum Gasteiger partial charge on any atom is -0.221 e. The van der Waals surface area contributed by atoms with Crippen LogP contribution in [0.2, 0.25) is 0 Å². The third kappa shape index (κ3) is 1.64. The molecule has 1 aliphatic carbocycles. The van der Waals surface area contributed by atoms with E-state index in [0.29, 0.717) is 0 Å². The highest BCUT2D eigenvalue weighted by Gasteiger charge is 2.23. The number of carbonyl (C=O) groups excluding carboxylic acids is 1. The molecule has 0 N–H and O–H groups in total. The van der Waals surface area contributed by atoms with Crippen LogP contribution in [0.3, 0.4) is 0 Å². The van der Waals surface area contributed by atoms with Gasteiger partial charge in [-0.1, -0.05) is 12.8 Å². The van der Waals surface area contributed by atoms with Gasteiger partial charge in [0.15, 0.2) is 0 Å². The number of halogens is 1. The molecule has 0 aromatic heterocycles. The Hall–Kier alpha value is -0.690. The summed E-state index contributed by atoms with van der Waals surface area (Å²) in [7, 11) is 0. The Labute approximate surface area is 59.1 Å². The molecule has 0 radical (unpaired) electrons. The van der Waals surface area contributed by atoms with Crippen LogP contribution in [0.15, 0.2) is 4.99 Å². The lowest BCUT2D eigenvalue weighted by molar-refractivity contribution is 0.240. The van der Waals surface area contributed by atoms with Crippen LogP contribution in [0.1, 0.15) is 25.7 Å². The van der Waals surface area contributed by atoms with Crippen molar-refractivity contribution in [1.29, 1.82) is 0 Å². The number of rotatable bonds is 2. The lowest BCUT2D eigenvalue weighted by Gasteiger charge is -2.06. The van der Waals surface area contributed by atoms with Crippen molar-refractivity contribution in [2.75, 3.05) is 0 Å². The van der Waals surface area contributed by atoms with Gasteiger partial charge in [0, 0.05) is 5.92 Å². The first kappa shape index (κ1) is 7.42. The van der Waals surface area contributed by atoms with Crippen LogP contribution >= 0.6 is 0 Å². The van der Waals surface area contributed by atoms with Crippen molar-refractivity contribution in [2.24, 2.45) is 10.9 Å². The summed E-state index contributed by atoms with van der Waals surface area (Å²) in [6, 6.07) is 0. The molecule has 1 fully saturated rings. The van der Waals surface area contributed by atoms with Gasteiger partial charge >= 0.3 is 0 Å². The van der Waals surface area contributed by atoms with Crippen LogP contribution in [-0.4, -0.2) is 12.4 Å². The first-order chi connectivity index (χ1) is 4.84. The summed E-state index contributed by atoms with van der Waals surface area (Å²) >= 11 is 0. The highest BCUT2D eigenvalue weighted by atomic mass is 19.1. The quantitative estimate of drug-likeness (QED) is 0.329. The Kier molecular flexibility index (Phi) is 2.57. The number of nitrogens with zero attached hydrogens (tertiary/aromatic N) is 1. The Morgan fingerprint density at radius 3 is 2.60 bits per heavy atom. The second kappa shape index (κ2) is 3.47. The number of alkyl halides is 1. The molecular weight excluding hydrogens is 133 g/mol. The van der Waals surface area contributed by atoms with Gasteiger partial charge in [-0.25, -0.2) is 9.18 Å². The zero-order valence-corrected chi connectivity index (χ0v) is 5.72. The molecule has 0 heterocycles. The van der Waals surface area contributed by atoms with E-state index in [1.54, 1.807) is 0 Å². The molecule has 56 valence electrons. The molecule has 0 aliphatic heterocycles. The fourth-order valence-electron chi connectivity index (χ4n) is 1.39. The van der Waals surface area contributed by atoms with Crippen molar-refractivity contribution in [1.82, 2.24) is 0 Å². The molecule has 1 atom stereocenters. The van der Waals surface area contributed by atoms with E-state index in [0.717, 1.165) is 25.7 Å². The normalized spacial score (nSPS) is 22.1. The average Bonchev–Trinajstić information content (AvgIpc) is 2.38. The van der Waals surface area contributed by atoms with Crippen LogP contribution in [-0.2, 0) is 4.79 Å². The SMILES string of the molecule is O=C=NC(F)C1CCCC1. The van der Waals surface area contributed by atoms with Crippen LogP contribution in [0.5, 0.6) is 0 Å². The maximum Gasteiger partial charge on any atom is 0.237 e. The summed E-state index contributed by atoms with van der Waals surface area (Å²) < 4.78 is 12.7. The molecule has 3 heteroatoms. The fourth-order valence-corrected chi connectivity index (χ4v) is 1.39. The third-order valence-corrected chi connectivity index (χ3v) is 1.96. The standard InChI is InChI=1S/C7H10FNO/c8-7(9-5-10)6-3-1-2-4-6/h6-7H,1-4H2. The van der Waals surface area contributed by atoms with E-state index >= 15 is 0 Å². The highest BCUT2D eigenvalue weighted by Crippen LogP contribution is 2.29. The van der Waals surface area contributed by atoms with Gasteiger partial charge in [-0.05, 0) is 12.8 Å². The van der Waals surface area contributed by atoms with E-state index in [9.17, 15) is 9.18 Å². The van der Waals surface area contributed by atoms with E-state index in [1.165, 1.54) is 6.08 Å². The second-order valence-corrected chi connectivity index (χ2v) is 2.64. The van der Waals surface area contributed by atoms with Gasteiger partial charge in [-0.2, -0.15) is 4.99 Å². The van der Waals surface area contributed by atoms with E-state index < -0.39 is 6.30 Å². The number of isocyanates is 1. The van der Waals surface area contributed by atoms with Gasteiger partial charge in [0.1, 0.15) is 0 Å². The summed E-state index contributed by atoms with van der Waals surface area (Å²) in [5, 5.41) is 0. The van der Waals surface area contributed by atoms with Gasteiger partial charge in [-0.3, -0.25) is 0 Å². The Balaban J connectivity index is 2.39. The summed E-state index contributed by atoms with van der Waals surface area (Å²) in [5.41, 5.74) is 0. The molecule has 0 aromatic carbocycles. The molecule has 0 bridgehead atoms. The minimum atomic E-state index is -1.29. The van der Waals surface area contributed by atoms with Gasteiger partial charge in [0.25, 0.3) is 0 Å². The molecule has 0 saturated heterocycles. The maximum atomic E-state index is 12.7. The number of hydrogen-bond donors (Lipinski definition) is 0. The zero-order valence-electron chi connectivity index (χ0n) is 5.72. The highest BCUT2D eigenvalue weighted by molar-refractivity contribution is 5.33. The maximum absolute atomic E-state index is 12.7. The summed E-state index contributed by atoms with van der Waals surface area (Å²) in [6.45, 7) is 0. The van der Waals surface area contributed by atoms with Crippen molar-refractivity contribution in [3.05, 3.63) is 0 Å².